The molecule has 0 spiro atoms. The van der Waals surface area contributed by atoms with E-state index in [0.29, 0.717) is 5.84 Å². The van der Waals surface area contributed by atoms with Crippen molar-refractivity contribution in [3.05, 3.63) is 77.0 Å². The Morgan fingerprint density at radius 1 is 0.875 bits per heavy atom. The van der Waals surface area contributed by atoms with E-state index in [9.17, 15) is 5.26 Å². The Morgan fingerprint density at radius 2 is 1.50 bits per heavy atom. The molecule has 0 aliphatic heterocycles. The van der Waals surface area contributed by atoms with Gasteiger partial charge in [0.25, 0.3) is 0 Å². The van der Waals surface area contributed by atoms with Crippen molar-refractivity contribution >= 4 is 11.5 Å². The van der Waals surface area contributed by atoms with Crippen molar-refractivity contribution < 1.29 is 0 Å². The summed E-state index contributed by atoms with van der Waals surface area (Å²) < 4.78 is 0. The lowest BCUT2D eigenvalue weighted by molar-refractivity contribution is 1.32. The summed E-state index contributed by atoms with van der Waals surface area (Å²) in [6, 6.07) is 22.1. The van der Waals surface area contributed by atoms with E-state index in [1.165, 1.54) is 0 Å². The Kier molecular flexibility index (Phi) is 5.45. The number of rotatable bonds is 3. The predicted molar refractivity (Wildman–Crippen MR) is 91.6 cm³/mol. The molecule has 0 radical (unpaired) electrons. The van der Waals surface area contributed by atoms with Gasteiger partial charge >= 0.3 is 0 Å². The van der Waals surface area contributed by atoms with E-state index in [4.69, 9.17) is 10.5 Å². The highest BCUT2D eigenvalue weighted by Crippen LogP contribution is 2.14. The first-order valence-corrected chi connectivity index (χ1v) is 7.10. The standard InChI is InChI=1S/C19H13N5/c1-14-7-9-17(10-8-14)23-19(15-5-3-2-4-6-15)24-18(13-22)16(11-20)12-21/h2-10H,1H3,(H,23,24). The molecule has 0 fully saturated rings. The molecule has 24 heavy (non-hydrogen) atoms. The van der Waals surface area contributed by atoms with Gasteiger partial charge in [-0.2, -0.15) is 15.8 Å². The molecular weight excluding hydrogens is 298 g/mol. The van der Waals surface area contributed by atoms with Crippen molar-refractivity contribution in [2.75, 3.05) is 5.32 Å². The van der Waals surface area contributed by atoms with Gasteiger partial charge < -0.3 is 5.32 Å². The molecule has 0 aliphatic carbocycles. The maximum Gasteiger partial charge on any atom is 0.171 e. The fourth-order valence-electron chi connectivity index (χ4n) is 1.91. The number of aryl methyl sites for hydroxylation is 1. The van der Waals surface area contributed by atoms with Crippen LogP contribution in [0, 0.1) is 40.9 Å². The lowest BCUT2D eigenvalue weighted by Gasteiger charge is -2.10. The lowest BCUT2D eigenvalue weighted by Crippen LogP contribution is -2.14. The third-order valence-electron chi connectivity index (χ3n) is 3.15. The van der Waals surface area contributed by atoms with Gasteiger partial charge in [0.05, 0.1) is 0 Å². The topological polar surface area (TPSA) is 95.8 Å². The SMILES string of the molecule is Cc1ccc(NC(=NC(C#N)=C(C#N)C#N)c2ccccc2)cc1. The fourth-order valence-corrected chi connectivity index (χ4v) is 1.91. The smallest absolute Gasteiger partial charge is 0.171 e. The van der Waals surface area contributed by atoms with Gasteiger partial charge in [-0.1, -0.05) is 48.0 Å². The Bertz CT molecular complexity index is 885. The van der Waals surface area contributed by atoms with Crippen LogP contribution in [0.4, 0.5) is 5.69 Å². The maximum absolute atomic E-state index is 9.21. The van der Waals surface area contributed by atoms with E-state index in [0.717, 1.165) is 16.8 Å². The molecule has 2 rings (SSSR count). The molecule has 1 N–H and O–H groups in total. The van der Waals surface area contributed by atoms with E-state index >= 15 is 0 Å². The van der Waals surface area contributed by atoms with Crippen LogP contribution in [0.15, 0.2) is 70.9 Å². The normalized spacial score (nSPS) is 10.0. The lowest BCUT2D eigenvalue weighted by atomic mass is 10.1. The van der Waals surface area contributed by atoms with E-state index in [2.05, 4.69) is 10.3 Å². The number of nitriles is 3. The van der Waals surface area contributed by atoms with E-state index < -0.39 is 0 Å². The van der Waals surface area contributed by atoms with Gasteiger partial charge in [0.15, 0.2) is 11.3 Å². The highest BCUT2D eigenvalue weighted by Gasteiger charge is 2.09. The molecular formula is C19H13N5. The zero-order valence-corrected chi connectivity index (χ0v) is 13.0. The van der Waals surface area contributed by atoms with Crippen LogP contribution in [0.5, 0.6) is 0 Å². The monoisotopic (exact) mass is 311 g/mol. The Balaban J connectivity index is 2.52. The molecule has 114 valence electrons. The van der Waals surface area contributed by atoms with Gasteiger partial charge in [0, 0.05) is 11.3 Å². The summed E-state index contributed by atoms with van der Waals surface area (Å²) in [5.74, 6) is 0.388. The van der Waals surface area contributed by atoms with Crippen LogP contribution in [0.1, 0.15) is 11.1 Å². The third kappa shape index (κ3) is 4.07. The summed E-state index contributed by atoms with van der Waals surface area (Å²) >= 11 is 0. The minimum absolute atomic E-state index is 0.224. The maximum atomic E-state index is 9.21. The Morgan fingerprint density at radius 3 is 2.04 bits per heavy atom. The molecule has 0 heterocycles. The molecule has 0 bridgehead atoms. The molecule has 0 atom stereocenters. The van der Waals surface area contributed by atoms with Gasteiger partial charge in [-0.15, -0.1) is 0 Å². The Hall–Kier alpha value is -3.88. The summed E-state index contributed by atoms with van der Waals surface area (Å²) in [5, 5.41) is 30.3. The van der Waals surface area contributed by atoms with E-state index in [1.807, 2.05) is 61.5 Å². The molecule has 0 saturated carbocycles. The number of nitrogens with zero attached hydrogens (tertiary/aromatic N) is 4. The summed E-state index contributed by atoms with van der Waals surface area (Å²) in [6.07, 6.45) is 0. The number of hydrogen-bond donors (Lipinski definition) is 1. The number of anilines is 1. The summed E-state index contributed by atoms with van der Waals surface area (Å²) in [6.45, 7) is 1.98. The number of amidine groups is 1. The van der Waals surface area contributed by atoms with Gasteiger partial charge in [-0.3, -0.25) is 0 Å². The molecule has 0 amide bonds. The molecule has 0 unspecified atom stereocenters. The largest absolute Gasteiger partial charge is 0.340 e. The first-order valence-electron chi connectivity index (χ1n) is 7.10. The van der Waals surface area contributed by atoms with Crippen molar-refractivity contribution in [3.63, 3.8) is 0 Å². The zero-order chi connectivity index (χ0) is 17.4. The highest BCUT2D eigenvalue weighted by atomic mass is 15.0. The third-order valence-corrected chi connectivity index (χ3v) is 3.15. The molecule has 0 aromatic heterocycles. The van der Waals surface area contributed by atoms with Gasteiger partial charge in [0.1, 0.15) is 24.0 Å². The molecule has 2 aromatic rings. The first kappa shape index (κ1) is 16.5. The molecule has 5 heteroatoms. The quantitative estimate of drug-likeness (QED) is 0.531. The van der Waals surface area contributed by atoms with Crippen LogP contribution < -0.4 is 5.32 Å². The van der Waals surface area contributed by atoms with Crippen molar-refractivity contribution in [1.29, 1.82) is 15.8 Å². The number of nitrogens with one attached hydrogen (secondary N) is 1. The van der Waals surface area contributed by atoms with Gasteiger partial charge in [0.2, 0.25) is 0 Å². The summed E-state index contributed by atoms with van der Waals surface area (Å²) in [5.41, 5.74) is 2.10. The number of benzene rings is 2. The number of aliphatic imine (C=N–C) groups is 1. The average Bonchev–Trinajstić information content (AvgIpc) is 2.63. The van der Waals surface area contributed by atoms with Crippen LogP contribution >= 0.6 is 0 Å². The second-order valence-corrected chi connectivity index (χ2v) is 4.88. The van der Waals surface area contributed by atoms with Crippen molar-refractivity contribution in [2.24, 2.45) is 4.99 Å². The minimum Gasteiger partial charge on any atom is -0.340 e. The molecule has 2 aromatic carbocycles. The second-order valence-electron chi connectivity index (χ2n) is 4.88. The van der Waals surface area contributed by atoms with Crippen LogP contribution in [-0.4, -0.2) is 5.84 Å². The van der Waals surface area contributed by atoms with Crippen LogP contribution in [0.3, 0.4) is 0 Å². The van der Waals surface area contributed by atoms with Crippen molar-refractivity contribution in [1.82, 2.24) is 0 Å². The van der Waals surface area contributed by atoms with Crippen LogP contribution in [-0.2, 0) is 0 Å². The van der Waals surface area contributed by atoms with Crippen molar-refractivity contribution in [2.45, 2.75) is 6.92 Å². The molecule has 5 nitrogen and oxygen atoms in total. The summed E-state index contributed by atoms with van der Waals surface area (Å²) in [7, 11) is 0. The second kappa shape index (κ2) is 7.94. The first-order chi connectivity index (χ1) is 11.7. The number of hydrogen-bond acceptors (Lipinski definition) is 4. The molecule has 0 saturated heterocycles. The average molecular weight is 311 g/mol. The molecule has 0 aliphatic rings. The van der Waals surface area contributed by atoms with Crippen LogP contribution in [0.2, 0.25) is 0 Å². The predicted octanol–water partition coefficient (Wildman–Crippen LogP) is 3.68. The summed E-state index contributed by atoms with van der Waals surface area (Å²) in [4.78, 5) is 4.20. The van der Waals surface area contributed by atoms with Gasteiger partial charge in [-0.25, -0.2) is 4.99 Å². The van der Waals surface area contributed by atoms with E-state index in [1.54, 1.807) is 18.2 Å². The van der Waals surface area contributed by atoms with Gasteiger partial charge in [-0.05, 0) is 19.1 Å². The fraction of sp³-hybridized carbons (Fsp3) is 0.0526. The zero-order valence-electron chi connectivity index (χ0n) is 13.0. The van der Waals surface area contributed by atoms with E-state index in [-0.39, 0.29) is 11.3 Å². The number of allylic oxidation sites excluding steroid dienone is 2. The highest BCUT2D eigenvalue weighted by molar-refractivity contribution is 6.08. The minimum atomic E-state index is -0.323. The van der Waals surface area contributed by atoms with Crippen molar-refractivity contribution in [3.8, 4) is 18.2 Å². The Labute approximate surface area is 140 Å². The van der Waals surface area contributed by atoms with Crippen LogP contribution in [0.25, 0.3) is 0 Å².